The number of thioether (sulfide) groups is 1. The molecular formula is C18H12ClF2N3OS. The van der Waals surface area contributed by atoms with Crippen molar-refractivity contribution in [3.05, 3.63) is 70.8 Å². The molecule has 0 heterocycles. The summed E-state index contributed by atoms with van der Waals surface area (Å²) in [5.74, 6) is -2.84. The van der Waals surface area contributed by atoms with Crippen LogP contribution < -0.4 is 0 Å². The first-order valence-electron chi connectivity index (χ1n) is 7.18. The van der Waals surface area contributed by atoms with Crippen molar-refractivity contribution in [2.45, 2.75) is 10.8 Å². The van der Waals surface area contributed by atoms with Gasteiger partial charge in [-0.2, -0.15) is 5.26 Å². The molecule has 0 bridgehead atoms. The molecule has 2 rings (SSSR count). The van der Waals surface area contributed by atoms with Crippen molar-refractivity contribution >= 4 is 34.1 Å². The lowest BCUT2D eigenvalue weighted by Gasteiger charge is -2.12. The van der Waals surface area contributed by atoms with Crippen LogP contribution in [0.15, 0.2) is 53.4 Å². The number of nitrogens with one attached hydrogen (secondary N) is 2. The van der Waals surface area contributed by atoms with Crippen LogP contribution in [0.25, 0.3) is 0 Å². The number of hydrogen-bond acceptors (Lipinski definition) is 5. The number of halogens is 3. The molecule has 3 N–H and O–H groups in total. The average Bonchev–Trinajstić information content (AvgIpc) is 2.58. The van der Waals surface area contributed by atoms with E-state index in [0.29, 0.717) is 6.07 Å². The molecule has 8 heteroatoms. The maximum Gasteiger partial charge on any atom is 0.140 e. The van der Waals surface area contributed by atoms with E-state index in [2.05, 4.69) is 0 Å². The molecule has 2 aromatic carbocycles. The van der Waals surface area contributed by atoms with Gasteiger partial charge < -0.3 is 10.5 Å². The molecule has 0 radical (unpaired) electrons. The fraction of sp³-hybridized carbons (Fsp3) is 0.0556. The predicted octanol–water partition coefficient (Wildman–Crippen LogP) is 5.28. The van der Waals surface area contributed by atoms with Crippen LogP contribution in [0.3, 0.4) is 0 Å². The van der Waals surface area contributed by atoms with Gasteiger partial charge in [-0.3, -0.25) is 5.41 Å². The Morgan fingerprint density at radius 2 is 1.96 bits per heavy atom. The van der Waals surface area contributed by atoms with Crippen molar-refractivity contribution in [1.82, 2.24) is 0 Å². The summed E-state index contributed by atoms with van der Waals surface area (Å²) >= 11 is 6.74. The molecule has 1 unspecified atom stereocenters. The Bertz CT molecular complexity index is 920. The van der Waals surface area contributed by atoms with Crippen molar-refractivity contribution in [2.24, 2.45) is 0 Å². The van der Waals surface area contributed by atoms with E-state index in [-0.39, 0.29) is 32.0 Å². The van der Waals surface area contributed by atoms with Crippen LogP contribution in [0.5, 0.6) is 5.75 Å². The molecule has 0 saturated carbocycles. The van der Waals surface area contributed by atoms with Gasteiger partial charge in [-0.25, -0.2) is 8.78 Å². The molecule has 0 spiro atoms. The number of nitriles is 1. The van der Waals surface area contributed by atoms with Crippen molar-refractivity contribution < 1.29 is 13.9 Å². The smallest absolute Gasteiger partial charge is 0.140 e. The number of phenols is 1. The Hall–Kier alpha value is -2.69. The van der Waals surface area contributed by atoms with Gasteiger partial charge in [-0.15, -0.1) is 0 Å². The highest BCUT2D eigenvalue weighted by atomic mass is 35.5. The van der Waals surface area contributed by atoms with Crippen molar-refractivity contribution in [2.75, 3.05) is 0 Å². The third kappa shape index (κ3) is 4.69. The first kappa shape index (κ1) is 19.6. The molecule has 0 aromatic heterocycles. The van der Waals surface area contributed by atoms with E-state index in [4.69, 9.17) is 22.4 Å². The van der Waals surface area contributed by atoms with Gasteiger partial charge in [0, 0.05) is 21.5 Å². The van der Waals surface area contributed by atoms with Crippen LogP contribution in [-0.2, 0) is 0 Å². The zero-order chi connectivity index (χ0) is 19.3. The molecule has 1 atom stereocenters. The molecule has 26 heavy (non-hydrogen) atoms. The van der Waals surface area contributed by atoms with Crippen molar-refractivity contribution in [1.29, 1.82) is 16.1 Å². The van der Waals surface area contributed by atoms with Crippen LogP contribution in [0.4, 0.5) is 8.78 Å². The summed E-state index contributed by atoms with van der Waals surface area (Å²) in [5.41, 5.74) is -0.0871. The van der Waals surface area contributed by atoms with Gasteiger partial charge in [-0.05, 0) is 36.4 Å². The summed E-state index contributed by atoms with van der Waals surface area (Å²) in [6.07, 6.45) is 2.42. The topological polar surface area (TPSA) is 91.7 Å². The minimum Gasteiger partial charge on any atom is -0.508 e. The molecule has 0 aliphatic carbocycles. The van der Waals surface area contributed by atoms with E-state index in [1.807, 2.05) is 6.07 Å². The van der Waals surface area contributed by atoms with Gasteiger partial charge in [0.05, 0.1) is 16.8 Å². The van der Waals surface area contributed by atoms with Crippen LogP contribution in [0.1, 0.15) is 11.5 Å². The normalized spacial score (nSPS) is 11.9. The van der Waals surface area contributed by atoms with Crippen LogP contribution in [-0.4, -0.2) is 15.9 Å². The Kier molecular flexibility index (Phi) is 6.50. The molecule has 132 valence electrons. The van der Waals surface area contributed by atoms with Gasteiger partial charge in [-0.1, -0.05) is 29.4 Å². The number of benzene rings is 2. The minimum absolute atomic E-state index is 0.0631. The lowest BCUT2D eigenvalue weighted by Crippen LogP contribution is -2.08. The fourth-order valence-corrected chi connectivity index (χ4v) is 3.02. The molecule has 2 aromatic rings. The van der Waals surface area contributed by atoms with E-state index >= 15 is 0 Å². The highest BCUT2D eigenvalue weighted by molar-refractivity contribution is 8.14. The van der Waals surface area contributed by atoms with Gasteiger partial charge in [0.15, 0.2) is 0 Å². The number of hydrogen-bond donors (Lipinski definition) is 3. The number of aromatic hydroxyl groups is 1. The van der Waals surface area contributed by atoms with Gasteiger partial charge in [0.25, 0.3) is 0 Å². The molecule has 0 saturated heterocycles. The largest absolute Gasteiger partial charge is 0.508 e. The van der Waals surface area contributed by atoms with E-state index in [1.165, 1.54) is 36.4 Å². The van der Waals surface area contributed by atoms with Crippen LogP contribution >= 0.6 is 23.4 Å². The van der Waals surface area contributed by atoms with E-state index < -0.39 is 17.6 Å². The second-order valence-electron chi connectivity index (χ2n) is 5.06. The zero-order valence-corrected chi connectivity index (χ0v) is 14.7. The summed E-state index contributed by atoms with van der Waals surface area (Å²) < 4.78 is 26.5. The number of rotatable bonds is 5. The van der Waals surface area contributed by atoms with Crippen LogP contribution in [0, 0.1) is 33.8 Å². The summed E-state index contributed by atoms with van der Waals surface area (Å²) in [5, 5.41) is 35.1. The summed E-state index contributed by atoms with van der Waals surface area (Å²) in [4.78, 5) is 0.0631. The molecule has 0 fully saturated rings. The third-order valence-corrected chi connectivity index (χ3v) is 4.52. The van der Waals surface area contributed by atoms with E-state index in [9.17, 15) is 19.1 Å². The molecular weight excluding hydrogens is 380 g/mol. The molecule has 0 aliphatic heterocycles. The lowest BCUT2D eigenvalue weighted by atomic mass is 9.94. The first-order chi connectivity index (χ1) is 12.3. The summed E-state index contributed by atoms with van der Waals surface area (Å²) in [6, 6.07) is 9.26. The monoisotopic (exact) mass is 391 g/mol. The quantitative estimate of drug-likeness (QED) is 0.368. The highest BCUT2D eigenvalue weighted by Crippen LogP contribution is 2.33. The molecule has 0 amide bonds. The fourth-order valence-electron chi connectivity index (χ4n) is 2.07. The minimum atomic E-state index is -1.12. The predicted molar refractivity (Wildman–Crippen MR) is 98.3 cm³/mol. The zero-order valence-electron chi connectivity index (χ0n) is 13.1. The number of phenolic OH excluding ortho intramolecular Hbond substituents is 1. The summed E-state index contributed by atoms with van der Waals surface area (Å²) in [6.45, 7) is 0. The number of nitrogens with zero attached hydrogens (tertiary/aromatic N) is 1. The molecule has 4 nitrogen and oxygen atoms in total. The Balaban J connectivity index is 2.14. The van der Waals surface area contributed by atoms with Crippen molar-refractivity contribution in [3.8, 4) is 11.8 Å². The lowest BCUT2D eigenvalue weighted by molar-refractivity contribution is 0.469. The van der Waals surface area contributed by atoms with E-state index in [0.717, 1.165) is 17.8 Å². The Morgan fingerprint density at radius 3 is 2.58 bits per heavy atom. The Morgan fingerprint density at radius 1 is 1.23 bits per heavy atom. The second kappa shape index (κ2) is 8.61. The Labute approximate surface area is 157 Å². The van der Waals surface area contributed by atoms with Crippen LogP contribution in [0.2, 0.25) is 5.02 Å². The first-order valence-corrected chi connectivity index (χ1v) is 8.38. The van der Waals surface area contributed by atoms with Gasteiger partial charge in [0.1, 0.15) is 23.3 Å². The maximum absolute atomic E-state index is 13.6. The third-order valence-electron chi connectivity index (χ3n) is 3.29. The van der Waals surface area contributed by atoms with Gasteiger partial charge in [0.2, 0.25) is 0 Å². The molecule has 0 aliphatic rings. The van der Waals surface area contributed by atoms with Crippen molar-refractivity contribution in [3.63, 3.8) is 0 Å². The standard InChI is InChI=1S/C18H12ClF2N3OS/c19-12-2-1-3-15(25)18(12)11(9-22)14(23)5-7-17(24)26-16-6-4-10(20)8-13(16)21/h1-8,11,23-25H/b7-5-,23-14?,24-17?. The van der Waals surface area contributed by atoms with E-state index in [1.54, 1.807) is 0 Å². The second-order valence-corrected chi connectivity index (χ2v) is 6.56. The maximum atomic E-state index is 13.6. The number of allylic oxidation sites excluding steroid dienone is 1. The average molecular weight is 392 g/mol. The highest BCUT2D eigenvalue weighted by Gasteiger charge is 2.21. The van der Waals surface area contributed by atoms with Gasteiger partial charge >= 0.3 is 0 Å². The SMILES string of the molecule is N#CC(C(=N)/C=C\C(=N)Sc1ccc(F)cc1F)c1c(O)cccc1Cl. The summed E-state index contributed by atoms with van der Waals surface area (Å²) in [7, 11) is 0.